The van der Waals surface area contributed by atoms with E-state index < -0.39 is 0 Å². The lowest BCUT2D eigenvalue weighted by molar-refractivity contribution is -0.115. The lowest BCUT2D eigenvalue weighted by atomic mass is 10.3. The fourth-order valence-electron chi connectivity index (χ4n) is 1.81. The molecule has 22 heavy (non-hydrogen) atoms. The number of carbonyl (C=O) groups excluding carboxylic acids is 1. The molecule has 0 saturated heterocycles. The number of hydrogen-bond acceptors (Lipinski definition) is 6. The van der Waals surface area contributed by atoms with Crippen molar-refractivity contribution in [1.29, 1.82) is 0 Å². The van der Waals surface area contributed by atoms with Gasteiger partial charge in [-0.2, -0.15) is 0 Å². The van der Waals surface area contributed by atoms with Crippen LogP contribution in [0.25, 0.3) is 0 Å². The Bertz CT molecular complexity index is 658. The topological polar surface area (TPSA) is 90.1 Å². The molecule has 0 aliphatic rings. The monoisotopic (exact) mass is 318 g/mol. The summed E-state index contributed by atoms with van der Waals surface area (Å²) in [5.74, 6) is 0.856. The number of nitrogens with zero attached hydrogens (tertiary/aromatic N) is 2. The molecule has 1 atom stereocenters. The Labute approximate surface area is 133 Å². The largest absolute Gasteiger partial charge is 0.495 e. The van der Waals surface area contributed by atoms with Gasteiger partial charge in [0.15, 0.2) is 5.16 Å². The molecule has 1 amide bonds. The Morgan fingerprint density at radius 1 is 1.36 bits per heavy atom. The van der Waals surface area contributed by atoms with Crippen LogP contribution in [-0.2, 0) is 4.79 Å². The number of rotatable bonds is 5. The van der Waals surface area contributed by atoms with Gasteiger partial charge in [0, 0.05) is 11.8 Å². The van der Waals surface area contributed by atoms with Crippen LogP contribution in [-0.4, -0.2) is 28.2 Å². The minimum atomic E-state index is -0.369. The van der Waals surface area contributed by atoms with Crippen molar-refractivity contribution in [3.63, 3.8) is 0 Å². The van der Waals surface area contributed by atoms with Crippen LogP contribution in [0.1, 0.15) is 12.6 Å². The molecule has 1 aromatic carbocycles. The Hall–Kier alpha value is -2.28. The number of hydrogen-bond donors (Lipinski definition) is 2. The highest BCUT2D eigenvalue weighted by Gasteiger charge is 2.17. The molecule has 1 heterocycles. The van der Waals surface area contributed by atoms with E-state index in [1.54, 1.807) is 32.2 Å². The molecule has 6 nitrogen and oxygen atoms in total. The third kappa shape index (κ3) is 4.11. The van der Waals surface area contributed by atoms with Crippen LogP contribution in [0.15, 0.2) is 35.5 Å². The Kier molecular flexibility index (Phi) is 5.21. The standard InChI is InChI=1S/C15H18N4O2S/c1-9-8-13(16)19-15(17-9)22-10(2)14(20)18-11-6-4-5-7-12(11)21-3/h4-8,10H,1-3H3,(H,18,20)(H2,16,17,19)/t10-/m1/s1. The van der Waals surface area contributed by atoms with Gasteiger partial charge in [0.2, 0.25) is 5.91 Å². The second kappa shape index (κ2) is 7.13. The van der Waals surface area contributed by atoms with Crippen molar-refractivity contribution < 1.29 is 9.53 Å². The van der Waals surface area contributed by atoms with Gasteiger partial charge in [-0.3, -0.25) is 4.79 Å². The summed E-state index contributed by atoms with van der Waals surface area (Å²) in [7, 11) is 1.56. The molecular formula is C15H18N4O2S. The molecule has 0 fully saturated rings. The molecule has 116 valence electrons. The number of nitrogens with one attached hydrogen (secondary N) is 1. The average molecular weight is 318 g/mol. The molecule has 0 saturated carbocycles. The van der Waals surface area contributed by atoms with Crippen LogP contribution in [0.5, 0.6) is 5.75 Å². The molecule has 2 rings (SSSR count). The van der Waals surface area contributed by atoms with E-state index in [-0.39, 0.29) is 11.2 Å². The van der Waals surface area contributed by atoms with E-state index in [4.69, 9.17) is 10.5 Å². The fraction of sp³-hybridized carbons (Fsp3) is 0.267. The summed E-state index contributed by atoms with van der Waals surface area (Å²) in [5, 5.41) is 2.96. The molecular weight excluding hydrogens is 300 g/mol. The zero-order valence-electron chi connectivity index (χ0n) is 12.7. The van der Waals surface area contributed by atoms with Gasteiger partial charge in [-0.1, -0.05) is 23.9 Å². The minimum Gasteiger partial charge on any atom is -0.495 e. The van der Waals surface area contributed by atoms with Crippen molar-refractivity contribution in [2.75, 3.05) is 18.2 Å². The maximum atomic E-state index is 12.3. The van der Waals surface area contributed by atoms with Crippen molar-refractivity contribution >= 4 is 29.2 Å². The highest BCUT2D eigenvalue weighted by molar-refractivity contribution is 8.00. The molecule has 0 unspecified atom stereocenters. The second-order valence-electron chi connectivity index (χ2n) is 4.67. The lowest BCUT2D eigenvalue weighted by Gasteiger charge is -2.13. The molecule has 0 radical (unpaired) electrons. The van der Waals surface area contributed by atoms with E-state index in [0.717, 1.165) is 5.69 Å². The van der Waals surface area contributed by atoms with Crippen LogP contribution in [0.2, 0.25) is 0 Å². The van der Waals surface area contributed by atoms with Gasteiger partial charge >= 0.3 is 0 Å². The second-order valence-corrected chi connectivity index (χ2v) is 5.97. The number of aryl methyl sites for hydroxylation is 1. The smallest absolute Gasteiger partial charge is 0.237 e. The SMILES string of the molecule is COc1ccccc1NC(=O)[C@@H](C)Sc1nc(C)cc(N)n1. The first-order chi connectivity index (χ1) is 10.5. The first-order valence-electron chi connectivity index (χ1n) is 6.71. The number of methoxy groups -OCH3 is 1. The number of para-hydroxylation sites is 2. The van der Waals surface area contributed by atoms with Crippen molar-refractivity contribution in [3.8, 4) is 5.75 Å². The minimum absolute atomic E-state index is 0.154. The van der Waals surface area contributed by atoms with Crippen LogP contribution in [0, 0.1) is 6.92 Å². The van der Waals surface area contributed by atoms with Crippen LogP contribution < -0.4 is 15.8 Å². The Balaban J connectivity index is 2.06. The van der Waals surface area contributed by atoms with E-state index in [9.17, 15) is 4.79 Å². The van der Waals surface area contributed by atoms with E-state index in [2.05, 4.69) is 15.3 Å². The summed E-state index contributed by atoms with van der Waals surface area (Å²) in [6, 6.07) is 8.94. The normalized spacial score (nSPS) is 11.8. The van der Waals surface area contributed by atoms with Crippen molar-refractivity contribution in [2.45, 2.75) is 24.3 Å². The lowest BCUT2D eigenvalue weighted by Crippen LogP contribution is -2.23. The summed E-state index contributed by atoms with van der Waals surface area (Å²) in [5.41, 5.74) is 7.09. The number of ether oxygens (including phenoxy) is 1. The van der Waals surface area contributed by atoms with E-state index >= 15 is 0 Å². The number of aromatic nitrogens is 2. The number of amides is 1. The predicted molar refractivity (Wildman–Crippen MR) is 88.1 cm³/mol. The maximum absolute atomic E-state index is 12.3. The molecule has 7 heteroatoms. The number of carbonyl (C=O) groups is 1. The van der Waals surface area contributed by atoms with Gasteiger partial charge in [0.25, 0.3) is 0 Å². The molecule has 0 spiro atoms. The number of anilines is 2. The number of thioether (sulfide) groups is 1. The van der Waals surface area contributed by atoms with Crippen LogP contribution in [0.3, 0.4) is 0 Å². The molecule has 0 aliphatic heterocycles. The Morgan fingerprint density at radius 2 is 2.09 bits per heavy atom. The zero-order chi connectivity index (χ0) is 16.1. The van der Waals surface area contributed by atoms with E-state index in [1.807, 2.05) is 19.1 Å². The summed E-state index contributed by atoms with van der Waals surface area (Å²) in [6.45, 7) is 3.62. The van der Waals surface area contributed by atoms with Crippen LogP contribution >= 0.6 is 11.8 Å². The fourth-order valence-corrected chi connectivity index (χ4v) is 2.65. The molecule has 1 aromatic heterocycles. The number of benzene rings is 1. The van der Waals surface area contributed by atoms with Gasteiger partial charge in [-0.15, -0.1) is 0 Å². The first kappa shape index (κ1) is 16.1. The van der Waals surface area contributed by atoms with Gasteiger partial charge < -0.3 is 15.8 Å². The van der Waals surface area contributed by atoms with Crippen molar-refractivity contribution in [3.05, 3.63) is 36.0 Å². The van der Waals surface area contributed by atoms with Crippen LogP contribution in [0.4, 0.5) is 11.5 Å². The average Bonchev–Trinajstić information content (AvgIpc) is 2.46. The summed E-state index contributed by atoms with van der Waals surface area (Å²) < 4.78 is 5.21. The van der Waals surface area contributed by atoms with Crippen molar-refractivity contribution in [1.82, 2.24) is 9.97 Å². The van der Waals surface area contributed by atoms with Gasteiger partial charge in [-0.05, 0) is 26.0 Å². The van der Waals surface area contributed by atoms with Gasteiger partial charge in [0.05, 0.1) is 18.0 Å². The van der Waals surface area contributed by atoms with E-state index in [1.165, 1.54) is 11.8 Å². The van der Waals surface area contributed by atoms with E-state index in [0.29, 0.717) is 22.4 Å². The highest BCUT2D eigenvalue weighted by atomic mass is 32.2. The number of nitrogen functional groups attached to an aromatic ring is 1. The number of nitrogens with two attached hydrogens (primary N) is 1. The quantitative estimate of drug-likeness (QED) is 0.650. The van der Waals surface area contributed by atoms with Crippen molar-refractivity contribution in [2.24, 2.45) is 0 Å². The maximum Gasteiger partial charge on any atom is 0.237 e. The highest BCUT2D eigenvalue weighted by Crippen LogP contribution is 2.26. The third-order valence-electron chi connectivity index (χ3n) is 2.87. The molecule has 0 bridgehead atoms. The van der Waals surface area contributed by atoms with Gasteiger partial charge in [-0.25, -0.2) is 9.97 Å². The molecule has 2 aromatic rings. The zero-order valence-corrected chi connectivity index (χ0v) is 13.5. The molecule has 0 aliphatic carbocycles. The summed E-state index contributed by atoms with van der Waals surface area (Å²) in [6.07, 6.45) is 0. The summed E-state index contributed by atoms with van der Waals surface area (Å²) in [4.78, 5) is 20.7. The summed E-state index contributed by atoms with van der Waals surface area (Å²) >= 11 is 1.26. The molecule has 3 N–H and O–H groups in total. The van der Waals surface area contributed by atoms with Gasteiger partial charge in [0.1, 0.15) is 11.6 Å². The first-order valence-corrected chi connectivity index (χ1v) is 7.59. The predicted octanol–water partition coefficient (Wildman–Crippen LogP) is 2.50. The Morgan fingerprint density at radius 3 is 2.77 bits per heavy atom. The third-order valence-corrected chi connectivity index (χ3v) is 3.83.